The Morgan fingerprint density at radius 3 is 1.61 bits per heavy atom. The number of benzene rings is 3. The Morgan fingerprint density at radius 1 is 0.627 bits per heavy atom. The summed E-state index contributed by atoms with van der Waals surface area (Å²) in [7, 11) is -5.09. The van der Waals surface area contributed by atoms with Crippen LogP contribution in [0.1, 0.15) is 116 Å². The van der Waals surface area contributed by atoms with Gasteiger partial charge in [0.05, 0.1) is 13.2 Å². The van der Waals surface area contributed by atoms with Crippen molar-refractivity contribution in [2.75, 3.05) is 24.6 Å². The quantitative estimate of drug-likeness (QED) is 0.0320. The maximum absolute atomic E-state index is 15.7. The average molecular weight is 948 g/mol. The summed E-state index contributed by atoms with van der Waals surface area (Å²) >= 11 is 0. The number of aliphatic hydroxyl groups is 1. The molecule has 1 fully saturated rings. The Morgan fingerprint density at radius 2 is 1.10 bits per heavy atom. The molecule has 16 nitrogen and oxygen atoms in total. The molecule has 362 valence electrons. The highest BCUT2D eigenvalue weighted by Gasteiger charge is 2.60. The molecule has 1 unspecified atom stereocenters. The smallest absolute Gasteiger partial charge is 0.456 e. The molecule has 17 heteroatoms. The third-order valence-corrected chi connectivity index (χ3v) is 13.2. The van der Waals surface area contributed by atoms with Gasteiger partial charge in [-0.05, 0) is 79.5 Å². The van der Waals surface area contributed by atoms with E-state index >= 15 is 4.57 Å². The van der Waals surface area contributed by atoms with Crippen LogP contribution in [0.25, 0.3) is 22.1 Å². The predicted octanol–water partition coefficient (Wildman–Crippen LogP) is 8.70. The summed E-state index contributed by atoms with van der Waals surface area (Å²) in [5.74, 6) is -3.69. The van der Waals surface area contributed by atoms with E-state index in [1.165, 1.54) is 6.07 Å². The summed E-state index contributed by atoms with van der Waals surface area (Å²) in [5, 5.41) is 12.7. The number of anilines is 1. The average Bonchev–Trinajstić information content (AvgIpc) is 3.62. The minimum atomic E-state index is -5.09. The molecule has 2 aliphatic carbocycles. The minimum absolute atomic E-state index is 0.0903. The Hall–Kier alpha value is -5.38. The van der Waals surface area contributed by atoms with Crippen LogP contribution >= 0.6 is 7.82 Å². The highest BCUT2D eigenvalue weighted by atomic mass is 31.2. The number of rotatable bonds is 23. The third-order valence-electron chi connectivity index (χ3n) is 11.8. The molecule has 4 aromatic rings. The Balaban J connectivity index is 1.48. The molecule has 0 bridgehead atoms. The number of hydrogen-bond acceptors (Lipinski definition) is 16. The molecule has 1 aromatic heterocycles. The van der Waals surface area contributed by atoms with Crippen LogP contribution in [-0.4, -0.2) is 85.3 Å². The fourth-order valence-corrected chi connectivity index (χ4v) is 9.95. The SMILES string of the molecule is CCCC(=O)O[C@@H]1[C@@H](OP(=O)(OCc2cc(=O)oc3cc(N(CC)CC)ccc23)OCC2c3ccccc3-c3ccccc32)[C@@H](OC(=O)CCC)[C@@H](O)[C@H](OC(=O)CCC)[C@H]1OC(=O)CCC. The molecule has 0 aliphatic heterocycles. The van der Waals surface area contributed by atoms with Gasteiger partial charge in [-0.3, -0.25) is 32.7 Å². The van der Waals surface area contributed by atoms with Gasteiger partial charge in [0, 0.05) is 67.9 Å². The highest BCUT2D eigenvalue weighted by molar-refractivity contribution is 7.48. The number of fused-ring (bicyclic) bond motifs is 4. The first-order chi connectivity index (χ1) is 32.3. The maximum atomic E-state index is 15.7. The van der Waals surface area contributed by atoms with Crippen LogP contribution in [0.4, 0.5) is 5.69 Å². The summed E-state index contributed by atoms with van der Waals surface area (Å²) in [6.07, 6.45) is -10.2. The molecule has 0 spiro atoms. The largest absolute Gasteiger partial charge is 0.475 e. The van der Waals surface area contributed by atoms with Crippen LogP contribution in [0.5, 0.6) is 0 Å². The molecule has 6 rings (SSSR count). The number of hydrogen-bond donors (Lipinski definition) is 1. The zero-order chi connectivity index (χ0) is 48.3. The van der Waals surface area contributed by atoms with Crippen molar-refractivity contribution in [3.8, 4) is 11.1 Å². The Labute approximate surface area is 390 Å². The van der Waals surface area contributed by atoms with E-state index in [0.29, 0.717) is 44.2 Å². The van der Waals surface area contributed by atoms with Gasteiger partial charge in [-0.2, -0.15) is 0 Å². The molecule has 1 heterocycles. The van der Waals surface area contributed by atoms with E-state index in [0.717, 1.165) is 27.9 Å². The lowest BCUT2D eigenvalue weighted by Crippen LogP contribution is -2.68. The molecule has 7 atom stereocenters. The predicted molar refractivity (Wildman–Crippen MR) is 248 cm³/mol. The second-order valence-electron chi connectivity index (χ2n) is 16.6. The van der Waals surface area contributed by atoms with E-state index in [-0.39, 0.29) is 43.4 Å². The molecule has 0 amide bonds. The first-order valence-electron chi connectivity index (χ1n) is 23.3. The van der Waals surface area contributed by atoms with E-state index in [4.69, 9.17) is 36.9 Å². The van der Waals surface area contributed by atoms with Gasteiger partial charge in [-0.15, -0.1) is 0 Å². The summed E-state index contributed by atoms with van der Waals surface area (Å²) in [4.78, 5) is 68.6. The van der Waals surface area contributed by atoms with Gasteiger partial charge in [0.15, 0.2) is 24.4 Å². The van der Waals surface area contributed by atoms with Crippen LogP contribution in [0.3, 0.4) is 0 Å². The molecule has 1 saturated carbocycles. The number of ether oxygens (including phenoxy) is 4. The Bertz CT molecular complexity index is 2420. The van der Waals surface area contributed by atoms with Gasteiger partial charge in [0.1, 0.15) is 17.8 Å². The molecule has 2 aliphatic rings. The fourth-order valence-electron chi connectivity index (χ4n) is 8.58. The second-order valence-corrected chi connectivity index (χ2v) is 18.2. The normalized spacial score (nSPS) is 20.9. The van der Waals surface area contributed by atoms with E-state index in [1.54, 1.807) is 39.8 Å². The van der Waals surface area contributed by atoms with E-state index in [2.05, 4.69) is 4.90 Å². The standard InChI is InChI=1S/C50H62NO15P/c1-7-17-40(52)62-46-45(57)47(63-41(53)18-8-2)50(49(65-43(55)20-10-4)48(46)64-42(54)19-9-3)66-67(58,60-30-38-36-23-15-13-21-34(36)35-22-14-16-24-37(35)38)59-29-31-27-44(56)61-39-28-32(25-26-33(31)39)51(11-5)12-6/h13-16,21-28,38,45-50,57H,7-12,17-20,29-30H2,1-6H3/t45-,46-,47-,48+,49-,50-,67?/m0/s1. The van der Waals surface area contributed by atoms with Crippen molar-refractivity contribution < 1.29 is 65.8 Å². The van der Waals surface area contributed by atoms with Gasteiger partial charge in [-0.25, -0.2) is 9.36 Å². The first kappa shape index (κ1) is 51.0. The zero-order valence-electron chi connectivity index (χ0n) is 39.0. The summed E-state index contributed by atoms with van der Waals surface area (Å²) < 4.78 is 63.9. The Kier molecular flexibility index (Phi) is 17.9. The third kappa shape index (κ3) is 12.2. The van der Waals surface area contributed by atoms with Crippen LogP contribution in [0.15, 0.2) is 82.0 Å². The minimum Gasteiger partial charge on any atom is -0.456 e. The first-order valence-corrected chi connectivity index (χ1v) is 24.8. The fraction of sp³-hybridized carbons (Fsp3) is 0.500. The summed E-state index contributed by atoms with van der Waals surface area (Å²) in [6, 6.07) is 21.9. The van der Waals surface area contributed by atoms with Crippen molar-refractivity contribution in [1.82, 2.24) is 0 Å². The van der Waals surface area contributed by atoms with Gasteiger partial charge in [0.2, 0.25) is 0 Å². The molecular formula is C50H62NO15P. The van der Waals surface area contributed by atoms with Crippen LogP contribution in [0, 0.1) is 0 Å². The summed E-state index contributed by atoms with van der Waals surface area (Å²) in [5.41, 5.74) is 4.23. The monoisotopic (exact) mass is 947 g/mol. The van der Waals surface area contributed by atoms with Gasteiger partial charge in [0.25, 0.3) is 0 Å². The van der Waals surface area contributed by atoms with Gasteiger partial charge < -0.3 is 33.4 Å². The van der Waals surface area contributed by atoms with Gasteiger partial charge in [-0.1, -0.05) is 76.2 Å². The van der Waals surface area contributed by atoms with Crippen molar-refractivity contribution in [2.24, 2.45) is 0 Å². The number of carbonyl (C=O) groups is 4. The topological polar surface area (TPSA) is 204 Å². The molecule has 1 N–H and O–H groups in total. The lowest BCUT2D eigenvalue weighted by atomic mass is 9.84. The lowest BCUT2D eigenvalue weighted by Gasteiger charge is -2.46. The lowest BCUT2D eigenvalue weighted by molar-refractivity contribution is -0.251. The highest BCUT2D eigenvalue weighted by Crippen LogP contribution is 2.56. The van der Waals surface area contributed by atoms with E-state index in [9.17, 15) is 29.1 Å². The van der Waals surface area contributed by atoms with Gasteiger partial charge >= 0.3 is 37.3 Å². The number of aliphatic hydroxyl groups excluding tert-OH is 1. The maximum Gasteiger partial charge on any atom is 0.475 e. The van der Waals surface area contributed by atoms with Crippen molar-refractivity contribution in [3.63, 3.8) is 0 Å². The van der Waals surface area contributed by atoms with E-state index in [1.807, 2.05) is 68.4 Å². The molecule has 3 aromatic carbocycles. The van der Waals surface area contributed by atoms with Crippen molar-refractivity contribution in [2.45, 2.75) is 142 Å². The van der Waals surface area contributed by atoms with Crippen LogP contribution < -0.4 is 10.5 Å². The molecule has 67 heavy (non-hydrogen) atoms. The second kappa shape index (κ2) is 23.6. The number of phosphoric acid groups is 1. The number of carbonyl (C=O) groups excluding carboxylic acids is 4. The number of phosphoric ester groups is 1. The summed E-state index contributed by atoms with van der Waals surface area (Å²) in [6.45, 7) is 11.5. The number of esters is 4. The van der Waals surface area contributed by atoms with E-state index < -0.39 is 86.5 Å². The van der Waals surface area contributed by atoms with Crippen molar-refractivity contribution >= 4 is 48.4 Å². The number of nitrogens with zero attached hydrogens (tertiary/aromatic N) is 1. The van der Waals surface area contributed by atoms with Crippen LogP contribution in [-0.2, 0) is 62.9 Å². The van der Waals surface area contributed by atoms with Crippen molar-refractivity contribution in [3.05, 3.63) is 99.9 Å². The molecule has 0 saturated heterocycles. The zero-order valence-corrected chi connectivity index (χ0v) is 39.9. The van der Waals surface area contributed by atoms with Crippen molar-refractivity contribution in [1.29, 1.82) is 0 Å². The van der Waals surface area contributed by atoms with Crippen LogP contribution in [0.2, 0.25) is 0 Å². The molecular weight excluding hydrogens is 886 g/mol. The molecule has 0 radical (unpaired) electrons.